The highest BCUT2D eigenvalue weighted by Crippen LogP contribution is 2.32. The molecule has 2 aliphatic rings. The van der Waals surface area contributed by atoms with Crippen LogP contribution in [0.4, 0.5) is 4.79 Å². The monoisotopic (exact) mass is 630 g/mol. The van der Waals surface area contributed by atoms with Crippen LogP contribution in [0.25, 0.3) is 0 Å². The van der Waals surface area contributed by atoms with Crippen molar-refractivity contribution < 1.29 is 33.3 Å². The molecule has 254 valence electrons. The predicted octanol–water partition coefficient (Wildman–Crippen LogP) is 7.06. The van der Waals surface area contributed by atoms with Crippen molar-refractivity contribution in [3.8, 4) is 0 Å². The number of benzene rings is 1. The first-order valence-electron chi connectivity index (χ1n) is 17.2. The highest BCUT2D eigenvalue weighted by molar-refractivity contribution is 5.79. The number of nitrogens with one attached hydrogen (secondary N) is 2. The topological polar surface area (TPSA) is 112 Å². The van der Waals surface area contributed by atoms with E-state index in [2.05, 4.69) is 24.5 Å². The summed E-state index contributed by atoms with van der Waals surface area (Å²) in [5.41, 5.74) is 0.285. The summed E-state index contributed by atoms with van der Waals surface area (Å²) in [6.45, 7) is 10.8. The van der Waals surface area contributed by atoms with Crippen LogP contribution in [0.3, 0.4) is 0 Å². The van der Waals surface area contributed by atoms with Crippen molar-refractivity contribution in [3.05, 3.63) is 35.9 Å². The average molecular weight is 631 g/mol. The average Bonchev–Trinajstić information content (AvgIpc) is 2.99. The molecule has 4 atom stereocenters. The van der Waals surface area contributed by atoms with Gasteiger partial charge in [-0.05, 0) is 76.7 Å². The number of rotatable bonds is 16. The van der Waals surface area contributed by atoms with Crippen LogP contribution in [0, 0.1) is 17.8 Å². The van der Waals surface area contributed by atoms with Crippen LogP contribution in [-0.2, 0) is 35.1 Å². The number of hydrogen-bond donors (Lipinski definition) is 2. The lowest BCUT2D eigenvalue weighted by Crippen LogP contribution is -2.50. The molecule has 3 rings (SSSR count). The zero-order valence-corrected chi connectivity index (χ0v) is 28.3. The van der Waals surface area contributed by atoms with Gasteiger partial charge in [-0.1, -0.05) is 76.3 Å². The number of ether oxygens (including phenoxy) is 4. The fraction of sp³-hybridized carbons (Fsp3) is 0.750. The molecule has 2 amide bonds. The zero-order chi connectivity index (χ0) is 32.7. The summed E-state index contributed by atoms with van der Waals surface area (Å²) in [7, 11) is 0. The molecule has 0 aromatic heterocycles. The fourth-order valence-electron chi connectivity index (χ4n) is 6.27. The first kappa shape index (κ1) is 36.8. The number of carbonyl (C=O) groups excluding carboxylic acids is 3. The Balaban J connectivity index is 1.71. The Morgan fingerprint density at radius 1 is 0.956 bits per heavy atom. The molecule has 9 nitrogen and oxygen atoms in total. The van der Waals surface area contributed by atoms with E-state index in [1.165, 1.54) is 19.3 Å². The van der Waals surface area contributed by atoms with Crippen LogP contribution in [0.15, 0.2) is 30.3 Å². The summed E-state index contributed by atoms with van der Waals surface area (Å²) in [6, 6.07) is 9.20. The van der Waals surface area contributed by atoms with Crippen molar-refractivity contribution in [1.29, 1.82) is 0 Å². The van der Waals surface area contributed by atoms with E-state index in [0.29, 0.717) is 25.4 Å². The van der Waals surface area contributed by atoms with Crippen molar-refractivity contribution in [3.63, 3.8) is 0 Å². The van der Waals surface area contributed by atoms with Gasteiger partial charge in [0.25, 0.3) is 0 Å². The smallest absolute Gasteiger partial charge is 0.407 e. The maximum atomic E-state index is 13.6. The SMILES string of the molecule is CC(C)C[C@H](C[C@H](OC1CCCCO1)[C@H](CC1CCCCC1)NC(=O)OC(C)(C)C)C(=O)NCCC(=O)OCc1ccccc1. The number of esters is 1. The molecule has 9 heteroatoms. The Hall–Kier alpha value is -2.65. The van der Waals surface area contributed by atoms with Crippen LogP contribution in [0.1, 0.15) is 117 Å². The molecule has 2 fully saturated rings. The lowest BCUT2D eigenvalue weighted by molar-refractivity contribution is -0.198. The van der Waals surface area contributed by atoms with Crippen LogP contribution in [-0.4, -0.2) is 55.2 Å². The van der Waals surface area contributed by atoms with E-state index < -0.39 is 17.8 Å². The zero-order valence-electron chi connectivity index (χ0n) is 28.3. The molecule has 1 saturated heterocycles. The molecule has 1 aliphatic heterocycles. The highest BCUT2D eigenvalue weighted by Gasteiger charge is 2.35. The Bertz CT molecular complexity index is 1010. The Labute approximate surface area is 270 Å². The van der Waals surface area contributed by atoms with Gasteiger partial charge in [0.15, 0.2) is 6.29 Å². The maximum Gasteiger partial charge on any atom is 0.407 e. The Kier molecular flexibility index (Phi) is 15.6. The van der Waals surface area contributed by atoms with Gasteiger partial charge in [0.1, 0.15) is 12.2 Å². The fourth-order valence-corrected chi connectivity index (χ4v) is 6.27. The first-order chi connectivity index (χ1) is 21.5. The molecule has 1 heterocycles. The van der Waals surface area contributed by atoms with Gasteiger partial charge >= 0.3 is 12.1 Å². The van der Waals surface area contributed by atoms with Gasteiger partial charge in [-0.15, -0.1) is 0 Å². The molecule has 2 N–H and O–H groups in total. The van der Waals surface area contributed by atoms with E-state index >= 15 is 0 Å². The summed E-state index contributed by atoms with van der Waals surface area (Å²) in [5.74, 6) is -0.112. The molecule has 1 aromatic carbocycles. The number of carbonyl (C=O) groups is 3. The summed E-state index contributed by atoms with van der Waals surface area (Å²) < 4.78 is 23.7. The quantitative estimate of drug-likeness (QED) is 0.188. The second kappa shape index (κ2) is 19.1. The molecular weight excluding hydrogens is 572 g/mol. The predicted molar refractivity (Wildman–Crippen MR) is 174 cm³/mol. The van der Waals surface area contributed by atoms with Crippen molar-refractivity contribution in [2.75, 3.05) is 13.2 Å². The number of amides is 2. The maximum absolute atomic E-state index is 13.6. The van der Waals surface area contributed by atoms with Gasteiger partial charge in [-0.25, -0.2) is 4.79 Å². The van der Waals surface area contributed by atoms with E-state index in [1.54, 1.807) is 0 Å². The Morgan fingerprint density at radius 2 is 1.67 bits per heavy atom. The van der Waals surface area contributed by atoms with Crippen LogP contribution in [0.5, 0.6) is 0 Å². The van der Waals surface area contributed by atoms with Gasteiger partial charge in [-0.2, -0.15) is 0 Å². The number of hydrogen-bond acceptors (Lipinski definition) is 7. The van der Waals surface area contributed by atoms with Gasteiger partial charge < -0.3 is 29.6 Å². The summed E-state index contributed by atoms with van der Waals surface area (Å²) in [6.07, 6.45) is 9.30. The number of alkyl carbamates (subject to hydrolysis) is 1. The molecular formula is C36H58N2O7. The minimum absolute atomic E-state index is 0.0906. The standard InChI is InChI=1S/C36H58N2O7/c1-26(2)22-29(34(40)37-20-19-32(39)43-25-28-16-10-7-11-17-28)24-31(44-33-18-12-13-21-42-33)30(23-27-14-8-6-9-15-27)38-35(41)45-36(3,4)5/h7,10-11,16-17,26-27,29-31,33H,6,8-9,12-15,18-25H2,1-5H3,(H,37,40)(H,38,41)/t29-,30+,31+,33?/m1/s1. The second-order valence-corrected chi connectivity index (χ2v) is 14.2. The first-order valence-corrected chi connectivity index (χ1v) is 17.2. The highest BCUT2D eigenvalue weighted by atomic mass is 16.7. The van der Waals surface area contributed by atoms with Gasteiger partial charge in [-0.3, -0.25) is 9.59 Å². The third kappa shape index (κ3) is 15.0. The van der Waals surface area contributed by atoms with Gasteiger partial charge in [0.2, 0.25) is 5.91 Å². The lowest BCUT2D eigenvalue weighted by atomic mass is 9.81. The molecule has 0 bridgehead atoms. The second-order valence-electron chi connectivity index (χ2n) is 14.2. The van der Waals surface area contributed by atoms with Crippen molar-refractivity contribution >= 4 is 18.0 Å². The van der Waals surface area contributed by atoms with E-state index in [0.717, 1.165) is 44.1 Å². The van der Waals surface area contributed by atoms with Crippen LogP contribution < -0.4 is 10.6 Å². The van der Waals surface area contributed by atoms with E-state index in [-0.39, 0.29) is 55.6 Å². The third-order valence-corrected chi connectivity index (χ3v) is 8.44. The molecule has 1 saturated carbocycles. The lowest BCUT2D eigenvalue weighted by Gasteiger charge is -2.37. The van der Waals surface area contributed by atoms with Crippen molar-refractivity contribution in [2.24, 2.45) is 17.8 Å². The van der Waals surface area contributed by atoms with Crippen molar-refractivity contribution in [2.45, 2.75) is 142 Å². The molecule has 1 aliphatic carbocycles. The largest absolute Gasteiger partial charge is 0.461 e. The molecule has 1 unspecified atom stereocenters. The van der Waals surface area contributed by atoms with Crippen LogP contribution in [0.2, 0.25) is 0 Å². The van der Waals surface area contributed by atoms with E-state index in [1.807, 2.05) is 51.1 Å². The van der Waals surface area contributed by atoms with Crippen LogP contribution >= 0.6 is 0 Å². The van der Waals surface area contributed by atoms with Crippen molar-refractivity contribution in [1.82, 2.24) is 10.6 Å². The van der Waals surface area contributed by atoms with E-state index in [4.69, 9.17) is 18.9 Å². The molecule has 0 radical (unpaired) electrons. The van der Waals surface area contributed by atoms with Gasteiger partial charge in [0, 0.05) is 19.1 Å². The minimum Gasteiger partial charge on any atom is -0.461 e. The molecule has 1 aromatic rings. The van der Waals surface area contributed by atoms with Gasteiger partial charge in [0.05, 0.1) is 18.6 Å². The molecule has 45 heavy (non-hydrogen) atoms. The Morgan fingerprint density at radius 3 is 2.31 bits per heavy atom. The normalized spacial score (nSPS) is 19.7. The third-order valence-electron chi connectivity index (χ3n) is 8.44. The van der Waals surface area contributed by atoms with E-state index in [9.17, 15) is 14.4 Å². The molecule has 0 spiro atoms. The summed E-state index contributed by atoms with van der Waals surface area (Å²) in [4.78, 5) is 39.1. The summed E-state index contributed by atoms with van der Waals surface area (Å²) >= 11 is 0. The summed E-state index contributed by atoms with van der Waals surface area (Å²) in [5, 5.41) is 6.14. The minimum atomic E-state index is -0.634.